The Bertz CT molecular complexity index is 726. The van der Waals surface area contributed by atoms with E-state index in [1.54, 1.807) is 24.5 Å². The summed E-state index contributed by atoms with van der Waals surface area (Å²) in [4.78, 5) is 4.00. The molecule has 1 aliphatic rings. The Morgan fingerprint density at radius 2 is 2.05 bits per heavy atom. The number of rotatable bonds is 4. The molecule has 0 atom stereocenters. The molecule has 1 fully saturated rings. The lowest BCUT2D eigenvalue weighted by Gasteiger charge is -2.30. The highest BCUT2D eigenvalue weighted by Gasteiger charge is 2.31. The normalized spacial score (nSPS) is 17.5. The molecule has 2 aromatic heterocycles. The van der Waals surface area contributed by atoms with Crippen LogP contribution in [0.5, 0.6) is 5.75 Å². The largest absolute Gasteiger partial charge is 0.489 e. The van der Waals surface area contributed by atoms with E-state index < -0.39 is 10.0 Å². The number of aromatic nitrogens is 1. The minimum atomic E-state index is -3.44. The van der Waals surface area contributed by atoms with Gasteiger partial charge in [-0.05, 0) is 37.1 Å². The van der Waals surface area contributed by atoms with E-state index in [0.29, 0.717) is 40.2 Å². The van der Waals surface area contributed by atoms with Crippen LogP contribution < -0.4 is 4.74 Å². The second-order valence-electron chi connectivity index (χ2n) is 4.97. The second kappa shape index (κ2) is 6.54. The topological polar surface area (TPSA) is 59.5 Å². The summed E-state index contributed by atoms with van der Waals surface area (Å²) < 4.78 is 33.1. The quantitative estimate of drug-likeness (QED) is 0.842. The van der Waals surface area contributed by atoms with Crippen molar-refractivity contribution in [2.45, 2.75) is 23.2 Å². The van der Waals surface area contributed by atoms with Crippen molar-refractivity contribution in [2.24, 2.45) is 0 Å². The number of thiophene rings is 1. The predicted octanol–water partition coefficient (Wildman–Crippen LogP) is 3.03. The first-order valence-electron chi connectivity index (χ1n) is 6.88. The van der Waals surface area contributed by atoms with Crippen LogP contribution in [-0.2, 0) is 10.0 Å². The predicted molar refractivity (Wildman–Crippen MR) is 86.0 cm³/mol. The fourth-order valence-corrected chi connectivity index (χ4v) is 5.47. The van der Waals surface area contributed by atoms with Crippen LogP contribution >= 0.6 is 22.9 Å². The van der Waals surface area contributed by atoms with Crippen LogP contribution in [0.4, 0.5) is 0 Å². The number of hydrogen-bond donors (Lipinski definition) is 0. The van der Waals surface area contributed by atoms with E-state index in [0.717, 1.165) is 11.3 Å². The monoisotopic (exact) mass is 358 g/mol. The average molecular weight is 359 g/mol. The van der Waals surface area contributed by atoms with Crippen LogP contribution in [0.15, 0.2) is 40.9 Å². The lowest BCUT2D eigenvalue weighted by molar-refractivity contribution is 0.135. The van der Waals surface area contributed by atoms with Gasteiger partial charge in [-0.15, -0.1) is 11.3 Å². The van der Waals surface area contributed by atoms with E-state index in [4.69, 9.17) is 16.3 Å². The van der Waals surface area contributed by atoms with Gasteiger partial charge in [0.1, 0.15) is 16.1 Å². The number of ether oxygens (including phenoxy) is 1. The molecule has 0 N–H and O–H groups in total. The maximum Gasteiger partial charge on any atom is 0.252 e. The molecular weight excluding hydrogens is 344 g/mol. The maximum absolute atomic E-state index is 12.5. The molecule has 0 unspecified atom stereocenters. The number of pyridine rings is 1. The molecule has 118 valence electrons. The molecule has 3 rings (SSSR count). The highest BCUT2D eigenvalue weighted by atomic mass is 35.5. The first kappa shape index (κ1) is 15.7. The van der Waals surface area contributed by atoms with Crippen LogP contribution in [0.1, 0.15) is 12.8 Å². The van der Waals surface area contributed by atoms with Crippen molar-refractivity contribution in [1.82, 2.24) is 9.29 Å². The molecule has 0 amide bonds. The lowest BCUT2D eigenvalue weighted by atomic mass is 10.1. The lowest BCUT2D eigenvalue weighted by Crippen LogP contribution is -2.41. The van der Waals surface area contributed by atoms with Gasteiger partial charge in [-0.1, -0.05) is 11.6 Å². The van der Waals surface area contributed by atoms with Crippen LogP contribution in [0.2, 0.25) is 4.34 Å². The third-order valence-electron chi connectivity index (χ3n) is 3.48. The second-order valence-corrected chi connectivity index (χ2v) is 8.85. The summed E-state index contributed by atoms with van der Waals surface area (Å²) >= 11 is 6.92. The molecule has 22 heavy (non-hydrogen) atoms. The van der Waals surface area contributed by atoms with E-state index in [1.165, 1.54) is 4.31 Å². The third-order valence-corrected chi connectivity index (χ3v) is 7.08. The first-order valence-corrected chi connectivity index (χ1v) is 9.51. The third kappa shape index (κ3) is 3.43. The fraction of sp³-hybridized carbons (Fsp3) is 0.357. The SMILES string of the molecule is O=S(=O)(c1ccc(Cl)s1)N1CCC(Oc2cccnc2)CC1. The minimum absolute atomic E-state index is 0.0163. The van der Waals surface area contributed by atoms with Crippen molar-refractivity contribution < 1.29 is 13.2 Å². The van der Waals surface area contributed by atoms with Crippen molar-refractivity contribution in [3.05, 3.63) is 41.0 Å². The van der Waals surface area contributed by atoms with Gasteiger partial charge in [0, 0.05) is 19.3 Å². The van der Waals surface area contributed by atoms with E-state index in [9.17, 15) is 8.42 Å². The Hall–Kier alpha value is -1.15. The maximum atomic E-state index is 12.5. The molecule has 0 radical (unpaired) electrons. The zero-order chi connectivity index (χ0) is 15.6. The summed E-state index contributed by atoms with van der Waals surface area (Å²) in [6.07, 6.45) is 4.69. The molecule has 0 aliphatic carbocycles. The number of hydrogen-bond acceptors (Lipinski definition) is 5. The molecule has 1 aliphatic heterocycles. The average Bonchev–Trinajstić information content (AvgIpc) is 2.96. The molecule has 8 heteroatoms. The Labute approximate surface area is 138 Å². The summed E-state index contributed by atoms with van der Waals surface area (Å²) in [6.45, 7) is 0.894. The Morgan fingerprint density at radius 3 is 2.64 bits per heavy atom. The van der Waals surface area contributed by atoms with Crippen LogP contribution in [0, 0.1) is 0 Å². The van der Waals surface area contributed by atoms with Gasteiger partial charge in [-0.3, -0.25) is 4.98 Å². The Kier molecular flexibility index (Phi) is 4.67. The van der Waals surface area contributed by atoms with Gasteiger partial charge < -0.3 is 4.74 Å². The summed E-state index contributed by atoms with van der Waals surface area (Å²) in [5.74, 6) is 0.717. The summed E-state index contributed by atoms with van der Waals surface area (Å²) in [5.41, 5.74) is 0. The molecule has 0 spiro atoms. The van der Waals surface area contributed by atoms with Gasteiger partial charge in [-0.2, -0.15) is 4.31 Å². The number of halogens is 1. The zero-order valence-corrected chi connectivity index (χ0v) is 14.1. The van der Waals surface area contributed by atoms with Crippen molar-refractivity contribution >= 4 is 33.0 Å². The molecule has 5 nitrogen and oxygen atoms in total. The molecule has 0 bridgehead atoms. The van der Waals surface area contributed by atoms with Gasteiger partial charge in [0.15, 0.2) is 0 Å². The Balaban J connectivity index is 1.62. The minimum Gasteiger partial charge on any atom is -0.489 e. The summed E-state index contributed by atoms with van der Waals surface area (Å²) in [6, 6.07) is 6.83. The van der Waals surface area contributed by atoms with Gasteiger partial charge in [0.2, 0.25) is 0 Å². The van der Waals surface area contributed by atoms with E-state index >= 15 is 0 Å². The standard InChI is InChI=1S/C14H15ClN2O3S2/c15-13-3-4-14(21-13)22(18,19)17-8-5-11(6-9-17)20-12-2-1-7-16-10-12/h1-4,7,10-11H,5-6,8-9H2. The van der Waals surface area contributed by atoms with Gasteiger partial charge in [0.25, 0.3) is 10.0 Å². The molecule has 1 saturated heterocycles. The number of piperidine rings is 1. The smallest absolute Gasteiger partial charge is 0.252 e. The molecule has 3 heterocycles. The van der Waals surface area contributed by atoms with E-state index in [-0.39, 0.29) is 6.10 Å². The van der Waals surface area contributed by atoms with Crippen molar-refractivity contribution in [1.29, 1.82) is 0 Å². The van der Waals surface area contributed by atoms with Crippen molar-refractivity contribution in [2.75, 3.05) is 13.1 Å². The van der Waals surface area contributed by atoms with Crippen LogP contribution in [-0.4, -0.2) is 36.9 Å². The van der Waals surface area contributed by atoms with Crippen LogP contribution in [0.25, 0.3) is 0 Å². The highest BCUT2D eigenvalue weighted by Crippen LogP contribution is 2.30. The molecule has 0 aromatic carbocycles. The van der Waals surface area contributed by atoms with Crippen molar-refractivity contribution in [3.8, 4) is 5.75 Å². The Morgan fingerprint density at radius 1 is 1.27 bits per heavy atom. The fourth-order valence-electron chi connectivity index (χ4n) is 2.36. The molecule has 2 aromatic rings. The van der Waals surface area contributed by atoms with Gasteiger partial charge >= 0.3 is 0 Å². The molecular formula is C14H15ClN2O3S2. The van der Waals surface area contributed by atoms with Gasteiger partial charge in [-0.25, -0.2) is 8.42 Å². The zero-order valence-electron chi connectivity index (χ0n) is 11.7. The van der Waals surface area contributed by atoms with Crippen LogP contribution in [0.3, 0.4) is 0 Å². The summed E-state index contributed by atoms with van der Waals surface area (Å²) in [5, 5.41) is 0. The van der Waals surface area contributed by atoms with E-state index in [2.05, 4.69) is 4.98 Å². The highest BCUT2D eigenvalue weighted by molar-refractivity contribution is 7.91. The first-order chi connectivity index (χ1) is 10.6. The van der Waals surface area contributed by atoms with Crippen molar-refractivity contribution in [3.63, 3.8) is 0 Å². The molecule has 0 saturated carbocycles. The summed E-state index contributed by atoms with van der Waals surface area (Å²) in [7, 11) is -3.44. The number of nitrogens with zero attached hydrogens (tertiary/aromatic N) is 2. The number of sulfonamides is 1. The van der Waals surface area contributed by atoms with E-state index in [1.807, 2.05) is 12.1 Å². The van der Waals surface area contributed by atoms with Gasteiger partial charge in [0.05, 0.1) is 10.5 Å².